The molecule has 0 saturated carbocycles. The molecule has 0 bridgehead atoms. The molecule has 1 amide bonds. The average molecular weight is 363 g/mol. The van der Waals surface area contributed by atoms with Crippen molar-refractivity contribution in [3.8, 4) is 0 Å². The summed E-state index contributed by atoms with van der Waals surface area (Å²) in [5, 5.41) is 0. The first-order valence-corrected chi connectivity index (χ1v) is 9.50. The van der Waals surface area contributed by atoms with Crippen LogP contribution in [0.4, 0.5) is 13.2 Å². The van der Waals surface area contributed by atoms with E-state index in [1.54, 1.807) is 0 Å². The van der Waals surface area contributed by atoms with Crippen LogP contribution in [0.1, 0.15) is 36.2 Å². The SMILES string of the molecule is CC(C)CN(C(=O)c1cccc(C(F)(F)F)c1)C1CCS(=O)(=O)C1. The smallest absolute Gasteiger partial charge is 0.334 e. The molecule has 1 fully saturated rings. The number of benzene rings is 1. The maximum Gasteiger partial charge on any atom is 0.416 e. The lowest BCUT2D eigenvalue weighted by Gasteiger charge is -2.30. The Balaban J connectivity index is 2.31. The summed E-state index contributed by atoms with van der Waals surface area (Å²) >= 11 is 0. The fourth-order valence-corrected chi connectivity index (χ4v) is 4.54. The molecular formula is C16H20F3NO3S. The molecule has 0 N–H and O–H groups in total. The highest BCUT2D eigenvalue weighted by Crippen LogP contribution is 2.30. The number of carbonyl (C=O) groups is 1. The molecule has 1 aromatic carbocycles. The molecule has 0 radical (unpaired) electrons. The standard InChI is InChI=1S/C16H20F3NO3S/c1-11(2)9-20(14-6-7-24(22,23)10-14)15(21)12-4-3-5-13(8-12)16(17,18)19/h3-5,8,11,14H,6-7,9-10H2,1-2H3. The van der Waals surface area contributed by atoms with Gasteiger partial charge in [-0.15, -0.1) is 0 Å². The monoisotopic (exact) mass is 363 g/mol. The molecule has 134 valence electrons. The van der Waals surface area contributed by atoms with Gasteiger partial charge in [0.15, 0.2) is 9.84 Å². The van der Waals surface area contributed by atoms with Crippen molar-refractivity contribution >= 4 is 15.7 Å². The van der Waals surface area contributed by atoms with Gasteiger partial charge in [0.25, 0.3) is 5.91 Å². The van der Waals surface area contributed by atoms with E-state index in [1.165, 1.54) is 17.0 Å². The topological polar surface area (TPSA) is 54.5 Å². The van der Waals surface area contributed by atoms with E-state index >= 15 is 0 Å². The van der Waals surface area contributed by atoms with Crippen molar-refractivity contribution in [1.82, 2.24) is 4.90 Å². The number of hydrogen-bond donors (Lipinski definition) is 0. The molecule has 1 unspecified atom stereocenters. The van der Waals surface area contributed by atoms with E-state index in [9.17, 15) is 26.4 Å². The fourth-order valence-electron chi connectivity index (χ4n) is 2.81. The van der Waals surface area contributed by atoms with Crippen molar-refractivity contribution < 1.29 is 26.4 Å². The van der Waals surface area contributed by atoms with Gasteiger partial charge >= 0.3 is 6.18 Å². The van der Waals surface area contributed by atoms with E-state index in [0.29, 0.717) is 13.0 Å². The first-order chi connectivity index (χ1) is 11.0. The number of sulfone groups is 1. The van der Waals surface area contributed by atoms with Crippen LogP contribution >= 0.6 is 0 Å². The molecule has 1 aliphatic rings. The Kier molecular flexibility index (Phi) is 5.27. The fraction of sp³-hybridized carbons (Fsp3) is 0.562. The summed E-state index contributed by atoms with van der Waals surface area (Å²) in [7, 11) is -3.20. The predicted octanol–water partition coefficient (Wildman–Crippen LogP) is 2.99. The van der Waals surface area contributed by atoms with Gasteiger partial charge in [-0.1, -0.05) is 19.9 Å². The van der Waals surface area contributed by atoms with Gasteiger partial charge < -0.3 is 4.90 Å². The van der Waals surface area contributed by atoms with Crippen LogP contribution in [0.25, 0.3) is 0 Å². The van der Waals surface area contributed by atoms with Crippen LogP contribution in [0.15, 0.2) is 24.3 Å². The molecule has 0 aromatic heterocycles. The van der Waals surface area contributed by atoms with Gasteiger partial charge in [-0.05, 0) is 30.5 Å². The number of nitrogens with zero attached hydrogens (tertiary/aromatic N) is 1. The summed E-state index contributed by atoms with van der Waals surface area (Å²) in [5.74, 6) is -0.619. The summed E-state index contributed by atoms with van der Waals surface area (Å²) in [6, 6.07) is 3.76. The van der Waals surface area contributed by atoms with Crippen LogP contribution in [0.2, 0.25) is 0 Å². The minimum atomic E-state index is -4.53. The average Bonchev–Trinajstić information content (AvgIpc) is 2.83. The number of hydrogen-bond acceptors (Lipinski definition) is 3. The van der Waals surface area contributed by atoms with E-state index in [4.69, 9.17) is 0 Å². The highest BCUT2D eigenvalue weighted by Gasteiger charge is 2.36. The minimum absolute atomic E-state index is 0.00212. The van der Waals surface area contributed by atoms with Crippen molar-refractivity contribution in [3.63, 3.8) is 0 Å². The molecule has 0 spiro atoms. The molecule has 1 aromatic rings. The molecule has 1 heterocycles. The maximum absolute atomic E-state index is 12.8. The van der Waals surface area contributed by atoms with Crippen molar-refractivity contribution in [3.05, 3.63) is 35.4 Å². The van der Waals surface area contributed by atoms with Gasteiger partial charge in [-0.25, -0.2) is 8.42 Å². The molecule has 1 aliphatic heterocycles. The van der Waals surface area contributed by atoms with Crippen molar-refractivity contribution in [2.75, 3.05) is 18.1 Å². The van der Waals surface area contributed by atoms with Gasteiger partial charge in [0.2, 0.25) is 0 Å². The zero-order chi connectivity index (χ0) is 18.1. The number of amides is 1. The Morgan fingerprint density at radius 1 is 1.33 bits per heavy atom. The van der Waals surface area contributed by atoms with Crippen molar-refractivity contribution in [2.45, 2.75) is 32.5 Å². The lowest BCUT2D eigenvalue weighted by Crippen LogP contribution is -2.43. The van der Waals surface area contributed by atoms with Crippen LogP contribution in [-0.2, 0) is 16.0 Å². The molecule has 24 heavy (non-hydrogen) atoms. The molecule has 2 rings (SSSR count). The lowest BCUT2D eigenvalue weighted by molar-refractivity contribution is -0.137. The maximum atomic E-state index is 12.8. The van der Waals surface area contributed by atoms with Crippen LogP contribution < -0.4 is 0 Å². The van der Waals surface area contributed by atoms with E-state index in [-0.39, 0.29) is 23.0 Å². The first kappa shape index (κ1) is 18.8. The molecular weight excluding hydrogens is 343 g/mol. The van der Waals surface area contributed by atoms with Gasteiger partial charge in [-0.3, -0.25) is 4.79 Å². The van der Waals surface area contributed by atoms with E-state index < -0.39 is 33.5 Å². The second kappa shape index (κ2) is 6.74. The largest absolute Gasteiger partial charge is 0.416 e. The van der Waals surface area contributed by atoms with Crippen LogP contribution in [0.3, 0.4) is 0 Å². The Morgan fingerprint density at radius 2 is 2.00 bits per heavy atom. The Hall–Kier alpha value is -1.57. The second-order valence-corrected chi connectivity index (χ2v) is 8.72. The third-order valence-electron chi connectivity index (χ3n) is 3.91. The highest BCUT2D eigenvalue weighted by atomic mass is 32.2. The summed E-state index contributed by atoms with van der Waals surface area (Å²) < 4.78 is 61.9. The molecule has 0 aliphatic carbocycles. The van der Waals surface area contributed by atoms with E-state index in [2.05, 4.69) is 0 Å². The number of alkyl halides is 3. The van der Waals surface area contributed by atoms with Crippen LogP contribution in [-0.4, -0.2) is 43.3 Å². The Labute approximate surface area is 139 Å². The highest BCUT2D eigenvalue weighted by molar-refractivity contribution is 7.91. The summed E-state index contributed by atoms with van der Waals surface area (Å²) in [6.07, 6.45) is -4.21. The quantitative estimate of drug-likeness (QED) is 0.826. The zero-order valence-electron chi connectivity index (χ0n) is 13.5. The number of carbonyl (C=O) groups excluding carboxylic acids is 1. The van der Waals surface area contributed by atoms with Gasteiger partial charge in [0, 0.05) is 18.2 Å². The second-order valence-electron chi connectivity index (χ2n) is 6.49. The Bertz CT molecular complexity index is 714. The first-order valence-electron chi connectivity index (χ1n) is 7.68. The minimum Gasteiger partial charge on any atom is -0.334 e. The molecule has 1 saturated heterocycles. The predicted molar refractivity (Wildman–Crippen MR) is 84.4 cm³/mol. The van der Waals surface area contributed by atoms with Crippen LogP contribution in [0, 0.1) is 5.92 Å². The third kappa shape index (κ3) is 4.49. The summed E-state index contributed by atoms with van der Waals surface area (Å²) in [6.45, 7) is 4.04. The zero-order valence-corrected chi connectivity index (χ0v) is 14.3. The number of halogens is 3. The summed E-state index contributed by atoms with van der Waals surface area (Å²) in [4.78, 5) is 14.1. The van der Waals surface area contributed by atoms with E-state index in [0.717, 1.165) is 12.1 Å². The lowest BCUT2D eigenvalue weighted by atomic mass is 10.1. The van der Waals surface area contributed by atoms with Gasteiger partial charge in [0.05, 0.1) is 17.1 Å². The van der Waals surface area contributed by atoms with Gasteiger partial charge in [-0.2, -0.15) is 13.2 Å². The van der Waals surface area contributed by atoms with E-state index in [1.807, 2.05) is 13.8 Å². The van der Waals surface area contributed by atoms with Crippen LogP contribution in [0.5, 0.6) is 0 Å². The third-order valence-corrected chi connectivity index (χ3v) is 5.66. The Morgan fingerprint density at radius 3 is 2.50 bits per heavy atom. The molecule has 8 heteroatoms. The normalized spacial score (nSPS) is 20.3. The number of rotatable bonds is 4. The summed E-state index contributed by atoms with van der Waals surface area (Å²) in [5.41, 5.74) is -0.966. The van der Waals surface area contributed by atoms with Crippen molar-refractivity contribution in [1.29, 1.82) is 0 Å². The molecule has 1 atom stereocenters. The van der Waals surface area contributed by atoms with Gasteiger partial charge in [0.1, 0.15) is 0 Å². The molecule has 4 nitrogen and oxygen atoms in total. The van der Waals surface area contributed by atoms with Crippen molar-refractivity contribution in [2.24, 2.45) is 5.92 Å².